The Balaban J connectivity index is 1.33. The third-order valence-electron chi connectivity index (χ3n) is 7.93. The summed E-state index contributed by atoms with van der Waals surface area (Å²) in [7, 11) is 5.39. The number of benzene rings is 2. The third-order valence-corrected chi connectivity index (χ3v) is 7.93. The molecule has 3 aliphatic heterocycles. The van der Waals surface area contributed by atoms with Crippen molar-refractivity contribution < 1.29 is 23.8 Å². The quantitative estimate of drug-likeness (QED) is 0.514. The van der Waals surface area contributed by atoms with Crippen LogP contribution in [0.3, 0.4) is 0 Å². The SMILES string of the molecule is COc1ccc2c(c1)CCCN2C(=O)CN(CC(=O)N1CCCc2cc(OC)ccc21)CC1CN(C)CCO1. The number of aryl methyl sites for hydroxylation is 2. The van der Waals surface area contributed by atoms with Gasteiger partial charge in [0.2, 0.25) is 11.8 Å². The lowest BCUT2D eigenvalue weighted by Crippen LogP contribution is -2.52. The summed E-state index contributed by atoms with van der Waals surface area (Å²) in [5.41, 5.74) is 4.11. The molecule has 39 heavy (non-hydrogen) atoms. The van der Waals surface area contributed by atoms with Crippen molar-refractivity contribution in [2.45, 2.75) is 31.8 Å². The second-order valence-corrected chi connectivity index (χ2v) is 10.7. The van der Waals surface area contributed by atoms with Gasteiger partial charge in [0, 0.05) is 44.1 Å². The zero-order valence-electron chi connectivity index (χ0n) is 23.4. The highest BCUT2D eigenvalue weighted by atomic mass is 16.5. The first-order valence-electron chi connectivity index (χ1n) is 13.9. The molecule has 1 fully saturated rings. The highest BCUT2D eigenvalue weighted by Gasteiger charge is 2.30. The number of rotatable bonds is 8. The van der Waals surface area contributed by atoms with E-state index < -0.39 is 0 Å². The van der Waals surface area contributed by atoms with Crippen LogP contribution in [-0.4, -0.2) is 101 Å². The van der Waals surface area contributed by atoms with Crippen LogP contribution in [-0.2, 0) is 27.2 Å². The molecule has 5 rings (SSSR count). The maximum absolute atomic E-state index is 13.7. The van der Waals surface area contributed by atoms with Crippen LogP contribution in [0.15, 0.2) is 36.4 Å². The second-order valence-electron chi connectivity index (χ2n) is 10.7. The van der Waals surface area contributed by atoms with Gasteiger partial charge in [-0.3, -0.25) is 14.5 Å². The first kappa shape index (κ1) is 27.4. The maximum Gasteiger partial charge on any atom is 0.241 e. The third kappa shape index (κ3) is 6.37. The molecule has 3 aliphatic rings. The van der Waals surface area contributed by atoms with Crippen LogP contribution in [0.1, 0.15) is 24.0 Å². The van der Waals surface area contributed by atoms with E-state index in [2.05, 4.69) is 11.9 Å². The standard InChI is InChI=1S/C30H40N4O5/c1-31-14-15-39-26(18-31)19-32(20-29(35)33-12-4-6-22-16-24(37-2)8-10-27(22)33)21-30(36)34-13-5-7-23-17-25(38-3)9-11-28(23)34/h8-11,16-17,26H,4-7,12-15,18-21H2,1-3H3. The number of methoxy groups -OCH3 is 2. The molecule has 2 amide bonds. The molecule has 1 saturated heterocycles. The Hall–Kier alpha value is -3.14. The summed E-state index contributed by atoms with van der Waals surface area (Å²) in [6.07, 6.45) is 3.57. The average molecular weight is 537 g/mol. The van der Waals surface area contributed by atoms with Crippen molar-refractivity contribution in [1.82, 2.24) is 9.80 Å². The molecule has 9 heteroatoms. The maximum atomic E-state index is 13.7. The predicted octanol–water partition coefficient (Wildman–Crippen LogP) is 2.59. The molecule has 9 nitrogen and oxygen atoms in total. The van der Waals surface area contributed by atoms with Gasteiger partial charge in [-0.15, -0.1) is 0 Å². The van der Waals surface area contributed by atoms with E-state index in [0.717, 1.165) is 72.8 Å². The molecule has 0 N–H and O–H groups in total. The first-order chi connectivity index (χ1) is 18.9. The fourth-order valence-corrected chi connectivity index (χ4v) is 5.92. The summed E-state index contributed by atoms with van der Waals surface area (Å²) >= 11 is 0. The summed E-state index contributed by atoms with van der Waals surface area (Å²) in [6.45, 7) is 4.49. The molecule has 1 unspecified atom stereocenters. The lowest BCUT2D eigenvalue weighted by Gasteiger charge is -2.36. The van der Waals surface area contributed by atoms with Gasteiger partial charge in [-0.05, 0) is 80.3 Å². The van der Waals surface area contributed by atoms with Gasteiger partial charge in [-0.25, -0.2) is 0 Å². The van der Waals surface area contributed by atoms with Gasteiger partial charge in [0.1, 0.15) is 11.5 Å². The normalized spacial score (nSPS) is 19.4. The smallest absolute Gasteiger partial charge is 0.241 e. The van der Waals surface area contributed by atoms with Gasteiger partial charge in [0.05, 0.1) is 40.0 Å². The van der Waals surface area contributed by atoms with E-state index >= 15 is 0 Å². The summed E-state index contributed by atoms with van der Waals surface area (Å²) in [5, 5.41) is 0. The highest BCUT2D eigenvalue weighted by Crippen LogP contribution is 2.32. The van der Waals surface area contributed by atoms with Gasteiger partial charge >= 0.3 is 0 Å². The number of hydrogen-bond acceptors (Lipinski definition) is 7. The summed E-state index contributed by atoms with van der Waals surface area (Å²) in [4.78, 5) is 35.4. The van der Waals surface area contributed by atoms with E-state index in [4.69, 9.17) is 14.2 Å². The number of hydrogen-bond donors (Lipinski definition) is 0. The number of carbonyl (C=O) groups excluding carboxylic acids is 2. The van der Waals surface area contributed by atoms with Gasteiger partial charge in [0.25, 0.3) is 0 Å². The van der Waals surface area contributed by atoms with Gasteiger partial charge in [-0.1, -0.05) is 0 Å². The van der Waals surface area contributed by atoms with Crippen LogP contribution < -0.4 is 19.3 Å². The lowest BCUT2D eigenvalue weighted by atomic mass is 10.0. The number of amides is 2. The first-order valence-corrected chi connectivity index (χ1v) is 13.9. The fourth-order valence-electron chi connectivity index (χ4n) is 5.92. The molecule has 0 aliphatic carbocycles. The zero-order chi connectivity index (χ0) is 27.4. The second kappa shape index (κ2) is 12.4. The van der Waals surface area contributed by atoms with Gasteiger partial charge in [0.15, 0.2) is 0 Å². The Kier molecular flexibility index (Phi) is 8.69. The molecule has 0 saturated carbocycles. The van der Waals surface area contributed by atoms with E-state index in [1.165, 1.54) is 0 Å². The number of ether oxygens (including phenoxy) is 3. The fraction of sp³-hybridized carbons (Fsp3) is 0.533. The van der Waals surface area contributed by atoms with E-state index in [0.29, 0.717) is 26.2 Å². The van der Waals surface area contributed by atoms with Crippen LogP contribution in [0, 0.1) is 0 Å². The Bertz CT molecular complexity index is 1110. The zero-order valence-corrected chi connectivity index (χ0v) is 23.4. The molecule has 0 spiro atoms. The topological polar surface area (TPSA) is 74.8 Å². The molecule has 2 aromatic rings. The Morgan fingerprint density at radius 3 is 1.90 bits per heavy atom. The summed E-state index contributed by atoms with van der Waals surface area (Å²) in [6, 6.07) is 11.8. The van der Waals surface area contributed by atoms with Crippen molar-refractivity contribution in [2.75, 3.05) is 83.5 Å². The van der Waals surface area contributed by atoms with E-state index in [9.17, 15) is 9.59 Å². The van der Waals surface area contributed by atoms with Gasteiger partial charge in [-0.2, -0.15) is 0 Å². The molecule has 0 bridgehead atoms. The molecular formula is C30H40N4O5. The monoisotopic (exact) mass is 536 g/mol. The molecule has 210 valence electrons. The van der Waals surface area contributed by atoms with Crippen molar-refractivity contribution in [3.05, 3.63) is 47.5 Å². The Labute approximate surface area is 231 Å². The summed E-state index contributed by atoms with van der Waals surface area (Å²) < 4.78 is 16.8. The molecule has 1 atom stereocenters. The largest absolute Gasteiger partial charge is 0.497 e. The number of fused-ring (bicyclic) bond motifs is 2. The van der Waals surface area contributed by atoms with Gasteiger partial charge < -0.3 is 28.9 Å². The Morgan fingerprint density at radius 1 is 0.872 bits per heavy atom. The minimum Gasteiger partial charge on any atom is -0.497 e. The highest BCUT2D eigenvalue weighted by molar-refractivity contribution is 5.98. The Morgan fingerprint density at radius 2 is 1.41 bits per heavy atom. The predicted molar refractivity (Wildman–Crippen MR) is 151 cm³/mol. The molecule has 0 aromatic heterocycles. The number of likely N-dealkylation sites (N-methyl/N-ethyl adjacent to an activating group) is 1. The molecule has 0 radical (unpaired) electrons. The number of anilines is 2. The van der Waals surface area contributed by atoms with Crippen molar-refractivity contribution >= 4 is 23.2 Å². The van der Waals surface area contributed by atoms with Crippen LogP contribution in [0.5, 0.6) is 11.5 Å². The van der Waals surface area contributed by atoms with Crippen LogP contribution in [0.25, 0.3) is 0 Å². The van der Waals surface area contributed by atoms with Crippen molar-refractivity contribution in [3.63, 3.8) is 0 Å². The van der Waals surface area contributed by atoms with Crippen molar-refractivity contribution in [1.29, 1.82) is 0 Å². The van der Waals surface area contributed by atoms with E-state index in [1.807, 2.05) is 51.1 Å². The number of morpholine rings is 1. The number of carbonyl (C=O) groups is 2. The van der Waals surface area contributed by atoms with Crippen LogP contribution in [0.4, 0.5) is 11.4 Å². The molecule has 3 heterocycles. The van der Waals surface area contributed by atoms with Crippen LogP contribution in [0.2, 0.25) is 0 Å². The minimum atomic E-state index is -0.0554. The van der Waals surface area contributed by atoms with Crippen LogP contribution >= 0.6 is 0 Å². The van der Waals surface area contributed by atoms with Crippen molar-refractivity contribution in [2.24, 2.45) is 0 Å². The summed E-state index contributed by atoms with van der Waals surface area (Å²) in [5.74, 6) is 1.60. The minimum absolute atomic E-state index is 0.00172. The molecule has 2 aromatic carbocycles. The van der Waals surface area contributed by atoms with E-state index in [1.54, 1.807) is 14.2 Å². The average Bonchev–Trinajstić information content (AvgIpc) is 2.95. The number of nitrogens with zero attached hydrogens (tertiary/aromatic N) is 4. The lowest BCUT2D eigenvalue weighted by molar-refractivity contribution is -0.124. The molecular weight excluding hydrogens is 496 g/mol. The van der Waals surface area contributed by atoms with Crippen molar-refractivity contribution in [3.8, 4) is 11.5 Å². The van der Waals surface area contributed by atoms with E-state index in [-0.39, 0.29) is 31.0 Å².